The number of alkyl halides is 3. The molecule has 2 rings (SSSR count). The summed E-state index contributed by atoms with van der Waals surface area (Å²) in [6, 6.07) is 6.66. The van der Waals surface area contributed by atoms with Crippen molar-refractivity contribution in [2.45, 2.75) is 10.9 Å². The van der Waals surface area contributed by atoms with Gasteiger partial charge < -0.3 is 9.47 Å². The van der Waals surface area contributed by atoms with Crippen molar-refractivity contribution in [2.75, 3.05) is 6.61 Å². The van der Waals surface area contributed by atoms with E-state index < -0.39 is 10.9 Å². The Balaban J connectivity index is 2.06. The number of thioether (sulfide) groups is 1. The average Bonchev–Trinajstić information content (AvgIpc) is 2.15. The highest BCUT2D eigenvalue weighted by molar-refractivity contribution is 8.00. The van der Waals surface area contributed by atoms with E-state index in [2.05, 4.69) is 0 Å². The van der Waals surface area contributed by atoms with Gasteiger partial charge in [-0.1, -0.05) is 12.1 Å². The fourth-order valence-corrected chi connectivity index (χ4v) is 1.79. The van der Waals surface area contributed by atoms with Gasteiger partial charge >= 0.3 is 5.51 Å². The van der Waals surface area contributed by atoms with Crippen molar-refractivity contribution in [2.24, 2.45) is 0 Å². The molecule has 2 nitrogen and oxygen atoms in total. The van der Waals surface area contributed by atoms with Crippen molar-refractivity contribution in [1.29, 1.82) is 0 Å². The van der Waals surface area contributed by atoms with Crippen LogP contribution in [0.2, 0.25) is 0 Å². The van der Waals surface area contributed by atoms with Gasteiger partial charge in [-0.15, -0.1) is 0 Å². The zero-order valence-corrected chi connectivity index (χ0v) is 8.27. The molecular formula is C9H7F3O2S. The van der Waals surface area contributed by atoms with Gasteiger partial charge in [-0.25, -0.2) is 0 Å². The normalized spacial score (nSPS) is 20.1. The Morgan fingerprint density at radius 3 is 2.53 bits per heavy atom. The first-order valence-corrected chi connectivity index (χ1v) is 5.05. The number of para-hydroxylation sites is 2. The summed E-state index contributed by atoms with van der Waals surface area (Å²) in [6.07, 6.45) is 0. The maximum absolute atomic E-state index is 12.0. The Morgan fingerprint density at radius 1 is 1.20 bits per heavy atom. The Hall–Kier alpha value is -1.04. The van der Waals surface area contributed by atoms with Crippen LogP contribution in [0.3, 0.4) is 0 Å². The van der Waals surface area contributed by atoms with Crippen molar-refractivity contribution in [3.8, 4) is 11.5 Å². The maximum Gasteiger partial charge on any atom is 0.445 e. The van der Waals surface area contributed by atoms with Crippen LogP contribution in [0.25, 0.3) is 0 Å². The Labute approximate surface area is 88.4 Å². The third kappa shape index (κ3) is 2.71. The van der Waals surface area contributed by atoms with Crippen LogP contribution in [0.1, 0.15) is 0 Å². The van der Waals surface area contributed by atoms with E-state index in [9.17, 15) is 13.2 Å². The van der Waals surface area contributed by atoms with Gasteiger partial charge in [0.2, 0.25) is 0 Å². The van der Waals surface area contributed by atoms with Crippen molar-refractivity contribution in [3.05, 3.63) is 24.3 Å². The second-order valence-electron chi connectivity index (χ2n) is 2.87. The monoisotopic (exact) mass is 236 g/mol. The molecule has 0 bridgehead atoms. The highest BCUT2D eigenvalue weighted by atomic mass is 32.2. The lowest BCUT2D eigenvalue weighted by Crippen LogP contribution is -2.28. The molecule has 0 radical (unpaired) electrons. The summed E-state index contributed by atoms with van der Waals surface area (Å²) in [4.78, 5) is 0. The molecule has 1 atom stereocenters. The minimum Gasteiger partial charge on any atom is -0.485 e. The number of fused-ring (bicyclic) bond motifs is 1. The van der Waals surface area contributed by atoms with E-state index in [-0.39, 0.29) is 18.4 Å². The highest BCUT2D eigenvalue weighted by Gasteiger charge is 2.36. The van der Waals surface area contributed by atoms with Crippen molar-refractivity contribution in [3.63, 3.8) is 0 Å². The third-order valence-electron chi connectivity index (χ3n) is 1.75. The van der Waals surface area contributed by atoms with E-state index in [1.54, 1.807) is 24.3 Å². The summed E-state index contributed by atoms with van der Waals surface area (Å²) in [7, 11) is 0. The number of hydrogen-bond donors (Lipinski definition) is 0. The number of halogens is 3. The van der Waals surface area contributed by atoms with Gasteiger partial charge in [0, 0.05) is 0 Å². The average molecular weight is 236 g/mol. The second kappa shape index (κ2) is 3.84. The lowest BCUT2D eigenvalue weighted by molar-refractivity contribution is -0.0362. The van der Waals surface area contributed by atoms with Gasteiger partial charge in [-0.2, -0.15) is 13.2 Å². The largest absolute Gasteiger partial charge is 0.485 e. The number of ether oxygens (including phenoxy) is 2. The molecule has 0 unspecified atom stereocenters. The number of rotatable bonds is 1. The van der Waals surface area contributed by atoms with E-state index in [0.29, 0.717) is 11.5 Å². The summed E-state index contributed by atoms with van der Waals surface area (Å²) in [5.74, 6) is 0.835. The Morgan fingerprint density at radius 2 is 1.87 bits per heavy atom. The maximum atomic E-state index is 12.0. The molecule has 1 heterocycles. The van der Waals surface area contributed by atoms with Crippen molar-refractivity contribution < 1.29 is 22.6 Å². The van der Waals surface area contributed by atoms with Gasteiger partial charge in [0.25, 0.3) is 0 Å². The summed E-state index contributed by atoms with van der Waals surface area (Å²) in [5.41, 5.74) is -5.33. The van der Waals surface area contributed by atoms with Crippen molar-refractivity contribution >= 4 is 11.8 Å². The SMILES string of the molecule is FC(F)(F)S[C@@H]1COc2ccccc2O1. The highest BCUT2D eigenvalue weighted by Crippen LogP contribution is 2.39. The zero-order chi connectivity index (χ0) is 10.9. The first-order chi connectivity index (χ1) is 7.04. The molecule has 0 aromatic heterocycles. The van der Waals surface area contributed by atoms with E-state index >= 15 is 0 Å². The molecule has 6 heteroatoms. The first-order valence-electron chi connectivity index (χ1n) is 4.17. The predicted molar refractivity (Wildman–Crippen MR) is 50.0 cm³/mol. The van der Waals surface area contributed by atoms with Gasteiger partial charge in [-0.05, 0) is 23.9 Å². The molecule has 0 saturated carbocycles. The van der Waals surface area contributed by atoms with Crippen LogP contribution in [-0.4, -0.2) is 17.6 Å². The molecular weight excluding hydrogens is 229 g/mol. The van der Waals surface area contributed by atoms with Crippen LogP contribution >= 0.6 is 11.8 Å². The van der Waals surface area contributed by atoms with Crippen LogP contribution in [-0.2, 0) is 0 Å². The molecule has 0 fully saturated rings. The molecule has 0 saturated heterocycles. The zero-order valence-electron chi connectivity index (χ0n) is 7.45. The minimum atomic E-state index is -4.31. The van der Waals surface area contributed by atoms with Gasteiger partial charge in [0.15, 0.2) is 16.9 Å². The predicted octanol–water partition coefficient (Wildman–Crippen LogP) is 3.04. The summed E-state index contributed by atoms with van der Waals surface area (Å²) in [6.45, 7) is -0.0960. The quantitative estimate of drug-likeness (QED) is 0.746. The molecule has 15 heavy (non-hydrogen) atoms. The summed E-state index contributed by atoms with van der Waals surface area (Å²) in [5, 5.41) is 0. The number of benzene rings is 1. The fraction of sp³-hybridized carbons (Fsp3) is 0.333. The second-order valence-corrected chi connectivity index (χ2v) is 4.09. The first kappa shape index (κ1) is 10.5. The molecule has 1 aromatic rings. The Kier molecular flexibility index (Phi) is 2.68. The minimum absolute atomic E-state index is 0.0960. The van der Waals surface area contributed by atoms with Crippen LogP contribution in [0, 0.1) is 0 Å². The topological polar surface area (TPSA) is 18.5 Å². The lowest BCUT2D eigenvalue weighted by atomic mass is 10.3. The number of hydrogen-bond acceptors (Lipinski definition) is 3. The summed E-state index contributed by atoms with van der Waals surface area (Å²) < 4.78 is 46.4. The van der Waals surface area contributed by atoms with Gasteiger partial charge in [0.05, 0.1) is 0 Å². The van der Waals surface area contributed by atoms with Gasteiger partial charge in [-0.3, -0.25) is 0 Å². The molecule has 0 spiro atoms. The van der Waals surface area contributed by atoms with Crippen LogP contribution in [0.4, 0.5) is 13.2 Å². The van der Waals surface area contributed by atoms with E-state index in [1.165, 1.54) is 0 Å². The fourth-order valence-electron chi connectivity index (χ4n) is 1.21. The Bertz CT molecular complexity index is 353. The molecule has 1 aliphatic rings. The van der Waals surface area contributed by atoms with Gasteiger partial charge in [0.1, 0.15) is 6.61 Å². The molecule has 0 aliphatic carbocycles. The molecule has 1 aromatic carbocycles. The van der Waals surface area contributed by atoms with E-state index in [0.717, 1.165) is 0 Å². The molecule has 1 aliphatic heterocycles. The smallest absolute Gasteiger partial charge is 0.445 e. The molecule has 82 valence electrons. The third-order valence-corrected chi connectivity index (χ3v) is 2.51. The van der Waals surface area contributed by atoms with E-state index in [4.69, 9.17) is 9.47 Å². The van der Waals surface area contributed by atoms with Crippen LogP contribution < -0.4 is 9.47 Å². The lowest BCUT2D eigenvalue weighted by Gasteiger charge is -2.26. The molecule has 0 N–H and O–H groups in total. The molecule has 0 amide bonds. The van der Waals surface area contributed by atoms with E-state index in [1.807, 2.05) is 0 Å². The van der Waals surface area contributed by atoms with Crippen LogP contribution in [0.15, 0.2) is 24.3 Å². The summed E-state index contributed by atoms with van der Waals surface area (Å²) >= 11 is -0.206. The standard InChI is InChI=1S/C9H7F3O2S/c10-9(11,12)15-8-5-13-6-3-1-2-4-7(6)14-8/h1-4,8H,5H2/t8-/m1/s1. The van der Waals surface area contributed by atoms with Crippen LogP contribution in [0.5, 0.6) is 11.5 Å². The van der Waals surface area contributed by atoms with Crippen molar-refractivity contribution in [1.82, 2.24) is 0 Å².